The van der Waals surface area contributed by atoms with Crippen LogP contribution in [-0.2, 0) is 11.3 Å². The van der Waals surface area contributed by atoms with Crippen LogP contribution in [0.5, 0.6) is 0 Å². The summed E-state index contributed by atoms with van der Waals surface area (Å²) in [6.45, 7) is 2.60. The van der Waals surface area contributed by atoms with Crippen molar-refractivity contribution in [3.8, 4) is 6.07 Å². The predicted octanol–water partition coefficient (Wildman–Crippen LogP) is 4.47. The summed E-state index contributed by atoms with van der Waals surface area (Å²) in [5.74, 6) is 0.138. The minimum atomic E-state index is -0.228. The topological polar surface area (TPSA) is 85.2 Å². The van der Waals surface area contributed by atoms with E-state index in [2.05, 4.69) is 27.7 Å². The van der Waals surface area contributed by atoms with Gasteiger partial charge in [-0.3, -0.25) is 14.5 Å². The number of likely N-dealkylation sites (tertiary alicyclic amines) is 1. The molecule has 2 amide bonds. The molecule has 1 aliphatic heterocycles. The molecule has 0 spiro atoms. The van der Waals surface area contributed by atoms with Crippen molar-refractivity contribution in [3.05, 3.63) is 65.2 Å². The molecular weight excluding hydrogens is 412 g/mol. The molecular formula is C27H32N4O2. The number of nitrogens with one attached hydrogen (secondary N) is 2. The fourth-order valence-electron chi connectivity index (χ4n) is 4.86. The van der Waals surface area contributed by atoms with E-state index in [9.17, 15) is 9.59 Å². The predicted molar refractivity (Wildman–Crippen MR) is 129 cm³/mol. The zero-order chi connectivity index (χ0) is 23.0. The van der Waals surface area contributed by atoms with E-state index in [0.29, 0.717) is 17.2 Å². The minimum absolute atomic E-state index is 0.123. The van der Waals surface area contributed by atoms with Gasteiger partial charge in [0.15, 0.2) is 0 Å². The molecule has 2 aliphatic rings. The van der Waals surface area contributed by atoms with Gasteiger partial charge in [0.05, 0.1) is 11.6 Å². The number of hydrogen-bond acceptors (Lipinski definition) is 4. The molecule has 0 atom stereocenters. The number of nitrogens with zero attached hydrogens (tertiary/aromatic N) is 2. The quantitative estimate of drug-likeness (QED) is 0.688. The minimum Gasteiger partial charge on any atom is -0.353 e. The van der Waals surface area contributed by atoms with Gasteiger partial charge in [-0.05, 0) is 74.7 Å². The summed E-state index contributed by atoms with van der Waals surface area (Å²) in [5.41, 5.74) is 2.80. The van der Waals surface area contributed by atoms with Crippen LogP contribution in [0.4, 0.5) is 5.69 Å². The van der Waals surface area contributed by atoms with Crippen molar-refractivity contribution in [2.45, 2.75) is 57.5 Å². The maximum atomic E-state index is 12.6. The summed E-state index contributed by atoms with van der Waals surface area (Å²) in [6.07, 6.45) is 7.80. The number of piperidine rings is 1. The van der Waals surface area contributed by atoms with Crippen LogP contribution >= 0.6 is 0 Å². The standard InChI is InChI=1S/C27H32N4O2/c28-18-20-6-4-8-23(16-20)27(33)30-25-11-5-7-21(17-25)19-31-14-12-22(13-15-31)26(32)29-24-9-2-1-3-10-24/h4-8,11,16-17,22,24H,1-3,9-10,12-15,19H2,(H,29,32)(H,30,33). The van der Waals surface area contributed by atoms with Crippen molar-refractivity contribution in [1.29, 1.82) is 5.26 Å². The highest BCUT2D eigenvalue weighted by Crippen LogP contribution is 2.23. The summed E-state index contributed by atoms with van der Waals surface area (Å²) < 4.78 is 0. The lowest BCUT2D eigenvalue weighted by atomic mass is 9.92. The second-order valence-electron chi connectivity index (χ2n) is 9.24. The molecule has 1 heterocycles. The Morgan fingerprint density at radius 3 is 2.48 bits per heavy atom. The van der Waals surface area contributed by atoms with Crippen LogP contribution in [0.15, 0.2) is 48.5 Å². The van der Waals surface area contributed by atoms with Gasteiger partial charge in [0, 0.05) is 29.8 Å². The van der Waals surface area contributed by atoms with Crippen molar-refractivity contribution in [1.82, 2.24) is 10.2 Å². The van der Waals surface area contributed by atoms with Gasteiger partial charge in [-0.2, -0.15) is 5.26 Å². The SMILES string of the molecule is N#Cc1cccc(C(=O)Nc2cccc(CN3CCC(C(=O)NC4CCCCC4)CC3)c2)c1. The Balaban J connectivity index is 1.27. The molecule has 1 saturated heterocycles. The fourth-order valence-corrected chi connectivity index (χ4v) is 4.86. The first-order valence-electron chi connectivity index (χ1n) is 12.0. The lowest BCUT2D eigenvalue weighted by molar-refractivity contribution is -0.127. The number of anilines is 1. The highest BCUT2D eigenvalue weighted by Gasteiger charge is 2.27. The molecule has 0 unspecified atom stereocenters. The van der Waals surface area contributed by atoms with E-state index in [4.69, 9.17) is 5.26 Å². The van der Waals surface area contributed by atoms with Crippen LogP contribution in [-0.4, -0.2) is 35.8 Å². The van der Waals surface area contributed by atoms with Gasteiger partial charge >= 0.3 is 0 Å². The van der Waals surface area contributed by atoms with Crippen LogP contribution < -0.4 is 10.6 Å². The summed E-state index contributed by atoms with van der Waals surface area (Å²) in [6, 6.07) is 17.0. The molecule has 0 aromatic heterocycles. The highest BCUT2D eigenvalue weighted by molar-refractivity contribution is 6.04. The lowest BCUT2D eigenvalue weighted by Crippen LogP contribution is -2.44. The van der Waals surface area contributed by atoms with Gasteiger partial charge in [-0.1, -0.05) is 37.5 Å². The van der Waals surface area contributed by atoms with Crippen molar-refractivity contribution >= 4 is 17.5 Å². The molecule has 2 aromatic carbocycles. The first-order valence-corrected chi connectivity index (χ1v) is 12.0. The second-order valence-corrected chi connectivity index (χ2v) is 9.24. The van der Waals surface area contributed by atoms with Gasteiger partial charge in [-0.15, -0.1) is 0 Å². The molecule has 1 aliphatic carbocycles. The van der Waals surface area contributed by atoms with E-state index in [1.807, 2.05) is 18.2 Å². The first-order chi connectivity index (χ1) is 16.1. The molecule has 2 fully saturated rings. The maximum Gasteiger partial charge on any atom is 0.255 e. The zero-order valence-corrected chi connectivity index (χ0v) is 19.1. The maximum absolute atomic E-state index is 12.6. The molecule has 2 N–H and O–H groups in total. The number of amides is 2. The van der Waals surface area contributed by atoms with Gasteiger partial charge in [0.25, 0.3) is 5.91 Å². The Bertz CT molecular complexity index is 1010. The van der Waals surface area contributed by atoms with Crippen LogP contribution in [0, 0.1) is 17.2 Å². The molecule has 4 rings (SSSR count). The molecule has 0 radical (unpaired) electrons. The molecule has 2 aromatic rings. The Labute approximate surface area is 196 Å². The third-order valence-corrected chi connectivity index (χ3v) is 6.75. The third kappa shape index (κ3) is 6.43. The Kier molecular flexibility index (Phi) is 7.74. The molecule has 6 heteroatoms. The van der Waals surface area contributed by atoms with Gasteiger partial charge in [0.1, 0.15) is 0 Å². The van der Waals surface area contributed by atoms with E-state index in [-0.39, 0.29) is 17.7 Å². The van der Waals surface area contributed by atoms with E-state index in [0.717, 1.165) is 56.6 Å². The number of carbonyl (C=O) groups excluding carboxylic acids is 2. The van der Waals surface area contributed by atoms with E-state index >= 15 is 0 Å². The van der Waals surface area contributed by atoms with Crippen LogP contribution in [0.25, 0.3) is 0 Å². The third-order valence-electron chi connectivity index (χ3n) is 6.75. The lowest BCUT2D eigenvalue weighted by Gasteiger charge is -2.32. The summed E-state index contributed by atoms with van der Waals surface area (Å²) in [5, 5.41) is 15.2. The van der Waals surface area contributed by atoms with Crippen molar-refractivity contribution in [2.24, 2.45) is 5.92 Å². The number of rotatable bonds is 6. The van der Waals surface area contributed by atoms with Crippen LogP contribution in [0.3, 0.4) is 0 Å². The second kappa shape index (κ2) is 11.1. The number of benzene rings is 2. The van der Waals surface area contributed by atoms with Crippen molar-refractivity contribution in [3.63, 3.8) is 0 Å². The van der Waals surface area contributed by atoms with Crippen molar-refractivity contribution in [2.75, 3.05) is 18.4 Å². The summed E-state index contributed by atoms with van der Waals surface area (Å²) in [4.78, 5) is 27.6. The monoisotopic (exact) mass is 444 g/mol. The first kappa shape index (κ1) is 23.0. The molecule has 6 nitrogen and oxygen atoms in total. The highest BCUT2D eigenvalue weighted by atomic mass is 16.2. The average Bonchev–Trinajstić information content (AvgIpc) is 2.85. The van der Waals surface area contributed by atoms with Gasteiger partial charge in [-0.25, -0.2) is 0 Å². The number of nitriles is 1. The fraction of sp³-hybridized carbons (Fsp3) is 0.444. The average molecular weight is 445 g/mol. The molecule has 0 bridgehead atoms. The van der Waals surface area contributed by atoms with Crippen LogP contribution in [0.2, 0.25) is 0 Å². The smallest absolute Gasteiger partial charge is 0.255 e. The van der Waals surface area contributed by atoms with Crippen LogP contribution in [0.1, 0.15) is 66.4 Å². The van der Waals surface area contributed by atoms with Gasteiger partial charge < -0.3 is 10.6 Å². The normalized spacial score (nSPS) is 17.8. The van der Waals surface area contributed by atoms with Crippen molar-refractivity contribution < 1.29 is 9.59 Å². The van der Waals surface area contributed by atoms with Gasteiger partial charge in [0.2, 0.25) is 5.91 Å². The van der Waals surface area contributed by atoms with E-state index in [1.54, 1.807) is 24.3 Å². The Hall–Kier alpha value is -3.17. The molecule has 172 valence electrons. The molecule has 33 heavy (non-hydrogen) atoms. The van der Waals surface area contributed by atoms with E-state index < -0.39 is 0 Å². The Morgan fingerprint density at radius 2 is 1.73 bits per heavy atom. The molecule has 1 saturated carbocycles. The number of carbonyl (C=O) groups is 2. The zero-order valence-electron chi connectivity index (χ0n) is 19.1. The summed E-state index contributed by atoms with van der Waals surface area (Å²) >= 11 is 0. The number of hydrogen-bond donors (Lipinski definition) is 2. The van der Waals surface area contributed by atoms with E-state index in [1.165, 1.54) is 19.3 Å². The Morgan fingerprint density at radius 1 is 0.970 bits per heavy atom. The largest absolute Gasteiger partial charge is 0.353 e. The summed E-state index contributed by atoms with van der Waals surface area (Å²) in [7, 11) is 0.